The summed E-state index contributed by atoms with van der Waals surface area (Å²) in [5.41, 5.74) is 3.20. The number of piperidine rings is 1. The van der Waals surface area contributed by atoms with Crippen LogP contribution in [0.1, 0.15) is 79.0 Å². The Morgan fingerprint density at radius 3 is 2.39 bits per heavy atom. The lowest BCUT2D eigenvalue weighted by molar-refractivity contribution is -0.190. The Labute approximate surface area is 185 Å². The maximum Gasteiger partial charge on any atom is 0.253 e. The highest BCUT2D eigenvalue weighted by molar-refractivity contribution is 5.94. The van der Waals surface area contributed by atoms with Gasteiger partial charge in [0.05, 0.1) is 17.8 Å². The van der Waals surface area contributed by atoms with Crippen LogP contribution in [-0.4, -0.2) is 42.2 Å². The molecule has 1 amide bonds. The molecular weight excluding hydrogens is 386 g/mol. The first-order chi connectivity index (χ1) is 15.2. The van der Waals surface area contributed by atoms with E-state index in [1.165, 1.54) is 24.0 Å². The van der Waals surface area contributed by atoms with Crippen molar-refractivity contribution in [2.75, 3.05) is 19.7 Å². The second-order valence-electron chi connectivity index (χ2n) is 9.41. The molecule has 0 N–H and O–H groups in total. The van der Waals surface area contributed by atoms with Gasteiger partial charge in [0.1, 0.15) is 0 Å². The van der Waals surface area contributed by atoms with Gasteiger partial charge in [0.25, 0.3) is 5.91 Å². The Kier molecular flexibility index (Phi) is 5.85. The zero-order chi connectivity index (χ0) is 21.3. The maximum atomic E-state index is 13.1. The fourth-order valence-electron chi connectivity index (χ4n) is 5.31. The Hall–Kier alpha value is -2.17. The van der Waals surface area contributed by atoms with E-state index in [1.54, 1.807) is 0 Å². The van der Waals surface area contributed by atoms with Crippen LogP contribution in [0.3, 0.4) is 0 Å². The molecule has 4 nitrogen and oxygen atoms in total. The number of ether oxygens (including phenoxy) is 2. The van der Waals surface area contributed by atoms with Crippen LogP contribution in [0.2, 0.25) is 0 Å². The average molecular weight is 420 g/mol. The van der Waals surface area contributed by atoms with Crippen molar-refractivity contribution in [1.82, 2.24) is 4.90 Å². The molecule has 31 heavy (non-hydrogen) atoms. The number of hydrogen-bond acceptors (Lipinski definition) is 3. The molecule has 2 aromatic rings. The number of rotatable bonds is 5. The van der Waals surface area contributed by atoms with Gasteiger partial charge in [-0.3, -0.25) is 4.79 Å². The first kappa shape index (κ1) is 20.7. The number of carbonyl (C=O) groups is 1. The van der Waals surface area contributed by atoms with Gasteiger partial charge in [0.2, 0.25) is 0 Å². The molecule has 2 aromatic carbocycles. The van der Waals surface area contributed by atoms with Crippen LogP contribution in [0, 0.1) is 0 Å². The van der Waals surface area contributed by atoms with E-state index in [1.807, 2.05) is 23.1 Å². The summed E-state index contributed by atoms with van der Waals surface area (Å²) in [5.74, 6) is 0.868. The van der Waals surface area contributed by atoms with Gasteiger partial charge in [-0.05, 0) is 61.8 Å². The Morgan fingerprint density at radius 2 is 1.74 bits per heavy atom. The van der Waals surface area contributed by atoms with Gasteiger partial charge in [0, 0.05) is 38.1 Å². The molecule has 2 aliphatic heterocycles. The highest BCUT2D eigenvalue weighted by atomic mass is 16.5. The van der Waals surface area contributed by atoms with Crippen molar-refractivity contribution in [3.05, 3.63) is 71.3 Å². The summed E-state index contributed by atoms with van der Waals surface area (Å²) < 4.78 is 12.8. The van der Waals surface area contributed by atoms with Crippen molar-refractivity contribution in [2.24, 2.45) is 0 Å². The molecule has 3 fully saturated rings. The van der Waals surface area contributed by atoms with Crippen LogP contribution < -0.4 is 0 Å². The normalized spacial score (nSPS) is 25.5. The molecule has 2 heterocycles. The van der Waals surface area contributed by atoms with Crippen molar-refractivity contribution in [3.63, 3.8) is 0 Å². The SMILES string of the molecule is CCO[C@@H]1C[C@H](c2ccccc2)OC2(CCN(C(=O)c3ccc(C4CC4)cc3)CC2)C1. The third-order valence-corrected chi connectivity index (χ3v) is 7.21. The lowest BCUT2D eigenvalue weighted by Gasteiger charge is -2.48. The Bertz CT molecular complexity index is 882. The summed E-state index contributed by atoms with van der Waals surface area (Å²) in [7, 11) is 0. The average Bonchev–Trinajstić information content (AvgIpc) is 3.65. The van der Waals surface area contributed by atoms with E-state index in [4.69, 9.17) is 9.47 Å². The van der Waals surface area contributed by atoms with E-state index in [-0.39, 0.29) is 23.7 Å². The number of likely N-dealkylation sites (tertiary alicyclic amines) is 1. The van der Waals surface area contributed by atoms with Gasteiger partial charge in [0.15, 0.2) is 0 Å². The largest absolute Gasteiger partial charge is 0.378 e. The molecule has 5 rings (SSSR count). The lowest BCUT2D eigenvalue weighted by atomic mass is 9.80. The summed E-state index contributed by atoms with van der Waals surface area (Å²) in [5, 5.41) is 0. The number of carbonyl (C=O) groups excluding carboxylic acids is 1. The van der Waals surface area contributed by atoms with Gasteiger partial charge in [-0.25, -0.2) is 0 Å². The predicted molar refractivity (Wildman–Crippen MR) is 121 cm³/mol. The molecule has 0 bridgehead atoms. The molecule has 1 aliphatic carbocycles. The topological polar surface area (TPSA) is 38.8 Å². The highest BCUT2D eigenvalue weighted by Gasteiger charge is 2.45. The summed E-state index contributed by atoms with van der Waals surface area (Å²) in [6, 6.07) is 18.8. The zero-order valence-corrected chi connectivity index (χ0v) is 18.5. The van der Waals surface area contributed by atoms with Crippen LogP contribution in [0.5, 0.6) is 0 Å². The molecule has 164 valence electrons. The molecule has 1 spiro atoms. The summed E-state index contributed by atoms with van der Waals surface area (Å²) in [4.78, 5) is 15.1. The Morgan fingerprint density at radius 1 is 1.03 bits per heavy atom. The van der Waals surface area contributed by atoms with Gasteiger partial charge >= 0.3 is 0 Å². The molecule has 4 heteroatoms. The van der Waals surface area contributed by atoms with Crippen molar-refractivity contribution < 1.29 is 14.3 Å². The van der Waals surface area contributed by atoms with Crippen LogP contribution in [0.15, 0.2) is 54.6 Å². The molecule has 3 aliphatic rings. The van der Waals surface area contributed by atoms with Crippen molar-refractivity contribution >= 4 is 5.91 Å². The van der Waals surface area contributed by atoms with Crippen LogP contribution in [-0.2, 0) is 9.47 Å². The van der Waals surface area contributed by atoms with Gasteiger partial charge in [-0.15, -0.1) is 0 Å². The minimum absolute atomic E-state index is 0.0590. The first-order valence-electron chi connectivity index (χ1n) is 11.9. The second-order valence-corrected chi connectivity index (χ2v) is 9.41. The van der Waals surface area contributed by atoms with Gasteiger partial charge in [-0.2, -0.15) is 0 Å². The van der Waals surface area contributed by atoms with E-state index in [0.717, 1.165) is 56.9 Å². The van der Waals surface area contributed by atoms with Crippen LogP contribution >= 0.6 is 0 Å². The zero-order valence-electron chi connectivity index (χ0n) is 18.5. The third kappa shape index (κ3) is 4.56. The summed E-state index contributed by atoms with van der Waals surface area (Å²) in [6.07, 6.45) is 6.39. The number of benzene rings is 2. The molecule has 0 unspecified atom stereocenters. The van der Waals surface area contributed by atoms with Crippen molar-refractivity contribution in [2.45, 2.75) is 69.2 Å². The standard InChI is InChI=1S/C27H33NO3/c1-2-30-24-18-25(22-6-4-3-5-7-22)31-27(19-24)14-16-28(17-15-27)26(29)23-12-10-21(11-13-23)20-8-9-20/h3-7,10-13,20,24-25H,2,8-9,14-19H2,1H3/t24-,25-/m1/s1. The third-order valence-electron chi connectivity index (χ3n) is 7.21. The van der Waals surface area contributed by atoms with Crippen molar-refractivity contribution in [3.8, 4) is 0 Å². The summed E-state index contributed by atoms with van der Waals surface area (Å²) in [6.45, 7) is 4.27. The van der Waals surface area contributed by atoms with Gasteiger partial charge in [-0.1, -0.05) is 42.5 Å². The molecule has 1 saturated carbocycles. The number of nitrogens with zero attached hydrogens (tertiary/aromatic N) is 1. The molecule has 0 radical (unpaired) electrons. The highest BCUT2D eigenvalue weighted by Crippen LogP contribution is 2.44. The summed E-state index contributed by atoms with van der Waals surface area (Å²) >= 11 is 0. The second kappa shape index (κ2) is 8.76. The fourth-order valence-corrected chi connectivity index (χ4v) is 5.31. The molecule has 2 saturated heterocycles. The molecule has 2 atom stereocenters. The smallest absolute Gasteiger partial charge is 0.253 e. The van der Waals surface area contributed by atoms with E-state index >= 15 is 0 Å². The number of amides is 1. The monoisotopic (exact) mass is 419 g/mol. The van der Waals surface area contributed by atoms with Gasteiger partial charge < -0.3 is 14.4 Å². The van der Waals surface area contributed by atoms with E-state index < -0.39 is 0 Å². The first-order valence-corrected chi connectivity index (χ1v) is 11.9. The van der Waals surface area contributed by atoms with E-state index in [9.17, 15) is 4.79 Å². The van der Waals surface area contributed by atoms with E-state index in [2.05, 4.69) is 43.3 Å². The fraction of sp³-hybridized carbons (Fsp3) is 0.519. The lowest BCUT2D eigenvalue weighted by Crippen LogP contribution is -2.52. The quantitative estimate of drug-likeness (QED) is 0.643. The van der Waals surface area contributed by atoms with E-state index in [0.29, 0.717) is 0 Å². The predicted octanol–water partition coefficient (Wildman–Crippen LogP) is 5.50. The maximum absolute atomic E-state index is 13.1. The van der Waals surface area contributed by atoms with Crippen LogP contribution in [0.4, 0.5) is 0 Å². The Balaban J connectivity index is 1.26. The number of hydrogen-bond donors (Lipinski definition) is 0. The minimum Gasteiger partial charge on any atom is -0.378 e. The molecule has 0 aromatic heterocycles. The van der Waals surface area contributed by atoms with Crippen LogP contribution in [0.25, 0.3) is 0 Å². The molecular formula is C27H33NO3. The minimum atomic E-state index is -0.203. The van der Waals surface area contributed by atoms with Crippen molar-refractivity contribution in [1.29, 1.82) is 0 Å².